The van der Waals surface area contributed by atoms with Gasteiger partial charge in [-0.1, -0.05) is 6.42 Å². The predicted octanol–water partition coefficient (Wildman–Crippen LogP) is 1.92. The molecule has 1 aliphatic carbocycles. The third-order valence-electron chi connectivity index (χ3n) is 4.37. The van der Waals surface area contributed by atoms with Gasteiger partial charge >= 0.3 is 0 Å². The first-order valence-electron chi connectivity index (χ1n) is 7.32. The molecule has 0 spiro atoms. The molecular formula is C14H24N4. The summed E-state index contributed by atoms with van der Waals surface area (Å²) in [5, 5.41) is 0. The van der Waals surface area contributed by atoms with E-state index in [2.05, 4.69) is 21.4 Å². The quantitative estimate of drug-likeness (QED) is 0.889. The molecule has 0 aromatic carbocycles. The maximum Gasteiger partial charge on any atom is 0.0948 e. The minimum Gasteiger partial charge on any atom is -0.333 e. The van der Waals surface area contributed by atoms with E-state index in [4.69, 9.17) is 5.73 Å². The number of hydrogen-bond acceptors (Lipinski definition) is 3. The Bertz CT molecular complexity index is 396. The fourth-order valence-corrected chi connectivity index (χ4v) is 3.26. The molecule has 1 aromatic rings. The maximum absolute atomic E-state index is 6.47. The molecule has 1 saturated heterocycles. The van der Waals surface area contributed by atoms with Crippen LogP contribution in [0.4, 0.5) is 0 Å². The van der Waals surface area contributed by atoms with E-state index in [1.54, 1.807) is 0 Å². The van der Waals surface area contributed by atoms with Gasteiger partial charge in [0, 0.05) is 24.8 Å². The van der Waals surface area contributed by atoms with Crippen molar-refractivity contribution in [1.82, 2.24) is 14.5 Å². The van der Waals surface area contributed by atoms with Crippen molar-refractivity contribution in [1.29, 1.82) is 0 Å². The molecule has 3 rings (SSSR count). The molecule has 100 valence electrons. The van der Waals surface area contributed by atoms with Crippen LogP contribution in [0.5, 0.6) is 0 Å². The zero-order valence-electron chi connectivity index (χ0n) is 11.3. The van der Waals surface area contributed by atoms with Crippen molar-refractivity contribution >= 4 is 0 Å². The van der Waals surface area contributed by atoms with E-state index in [1.807, 2.05) is 12.5 Å². The SMILES string of the molecule is CCn1cncc1C1C(N)CCCCN1C1CC1. The molecule has 2 atom stereocenters. The number of hydrogen-bond donors (Lipinski definition) is 1. The van der Waals surface area contributed by atoms with Crippen LogP contribution in [-0.4, -0.2) is 33.1 Å². The lowest BCUT2D eigenvalue weighted by Crippen LogP contribution is -2.42. The Kier molecular flexibility index (Phi) is 3.39. The smallest absolute Gasteiger partial charge is 0.0948 e. The van der Waals surface area contributed by atoms with Gasteiger partial charge < -0.3 is 10.3 Å². The minimum atomic E-state index is 0.259. The number of likely N-dealkylation sites (tertiary alicyclic amines) is 1. The van der Waals surface area contributed by atoms with Gasteiger partial charge in [-0.05, 0) is 39.2 Å². The number of rotatable bonds is 3. The lowest BCUT2D eigenvalue weighted by atomic mass is 10.0. The van der Waals surface area contributed by atoms with Crippen LogP contribution in [0.1, 0.15) is 50.8 Å². The van der Waals surface area contributed by atoms with Crippen molar-refractivity contribution in [2.75, 3.05) is 6.54 Å². The first kappa shape index (κ1) is 12.2. The number of aromatic nitrogens is 2. The van der Waals surface area contributed by atoms with Crippen molar-refractivity contribution in [3.63, 3.8) is 0 Å². The molecule has 0 radical (unpaired) electrons. The molecule has 2 heterocycles. The van der Waals surface area contributed by atoms with Crippen molar-refractivity contribution in [2.45, 2.75) is 63.7 Å². The molecule has 4 heteroatoms. The monoisotopic (exact) mass is 248 g/mol. The van der Waals surface area contributed by atoms with Crippen LogP contribution < -0.4 is 5.73 Å². The normalized spacial score (nSPS) is 30.3. The van der Waals surface area contributed by atoms with E-state index in [0.717, 1.165) is 19.0 Å². The highest BCUT2D eigenvalue weighted by Gasteiger charge is 2.39. The average molecular weight is 248 g/mol. The lowest BCUT2D eigenvalue weighted by Gasteiger charge is -2.34. The van der Waals surface area contributed by atoms with Gasteiger partial charge in [-0.2, -0.15) is 0 Å². The Morgan fingerprint density at radius 2 is 2.17 bits per heavy atom. The van der Waals surface area contributed by atoms with Gasteiger partial charge in [0.1, 0.15) is 0 Å². The molecule has 18 heavy (non-hydrogen) atoms. The molecule has 4 nitrogen and oxygen atoms in total. The summed E-state index contributed by atoms with van der Waals surface area (Å²) in [5.74, 6) is 0. The summed E-state index contributed by atoms with van der Waals surface area (Å²) in [4.78, 5) is 6.98. The minimum absolute atomic E-state index is 0.259. The highest BCUT2D eigenvalue weighted by atomic mass is 15.3. The van der Waals surface area contributed by atoms with Crippen molar-refractivity contribution in [2.24, 2.45) is 5.73 Å². The fourth-order valence-electron chi connectivity index (χ4n) is 3.26. The molecule has 0 amide bonds. The third kappa shape index (κ3) is 2.19. The number of nitrogens with two attached hydrogens (primary N) is 1. The van der Waals surface area contributed by atoms with E-state index >= 15 is 0 Å². The van der Waals surface area contributed by atoms with E-state index < -0.39 is 0 Å². The van der Waals surface area contributed by atoms with Gasteiger partial charge in [0.15, 0.2) is 0 Å². The third-order valence-corrected chi connectivity index (χ3v) is 4.37. The Labute approximate surface area is 109 Å². The molecule has 1 aliphatic heterocycles. The first-order valence-corrected chi connectivity index (χ1v) is 7.32. The second kappa shape index (κ2) is 5.02. The highest BCUT2D eigenvalue weighted by Crippen LogP contribution is 2.38. The van der Waals surface area contributed by atoms with E-state index in [0.29, 0.717) is 6.04 Å². The van der Waals surface area contributed by atoms with Gasteiger partial charge in [-0.3, -0.25) is 4.90 Å². The summed E-state index contributed by atoms with van der Waals surface area (Å²) in [5.41, 5.74) is 7.79. The van der Waals surface area contributed by atoms with E-state index in [9.17, 15) is 0 Å². The van der Waals surface area contributed by atoms with Crippen LogP contribution in [0.3, 0.4) is 0 Å². The summed E-state index contributed by atoms with van der Waals surface area (Å²) in [6.45, 7) is 4.36. The van der Waals surface area contributed by atoms with Gasteiger partial charge in [0.25, 0.3) is 0 Å². The van der Waals surface area contributed by atoms with Gasteiger partial charge in [0.2, 0.25) is 0 Å². The summed E-state index contributed by atoms with van der Waals surface area (Å²) >= 11 is 0. The lowest BCUT2D eigenvalue weighted by molar-refractivity contribution is 0.168. The molecule has 2 N–H and O–H groups in total. The zero-order valence-corrected chi connectivity index (χ0v) is 11.3. The predicted molar refractivity (Wildman–Crippen MR) is 72.2 cm³/mol. The largest absolute Gasteiger partial charge is 0.333 e. The number of imidazole rings is 1. The van der Waals surface area contributed by atoms with Crippen LogP contribution in [0.15, 0.2) is 12.5 Å². The van der Waals surface area contributed by atoms with Crippen LogP contribution in [0.25, 0.3) is 0 Å². The zero-order chi connectivity index (χ0) is 12.5. The fraction of sp³-hybridized carbons (Fsp3) is 0.786. The maximum atomic E-state index is 6.47. The second-order valence-corrected chi connectivity index (χ2v) is 5.68. The van der Waals surface area contributed by atoms with Crippen molar-refractivity contribution in [3.05, 3.63) is 18.2 Å². The topological polar surface area (TPSA) is 47.1 Å². The molecule has 2 fully saturated rings. The van der Waals surface area contributed by atoms with Crippen LogP contribution >= 0.6 is 0 Å². The Morgan fingerprint density at radius 3 is 2.89 bits per heavy atom. The average Bonchev–Trinajstić information content (AvgIpc) is 3.13. The Morgan fingerprint density at radius 1 is 1.33 bits per heavy atom. The standard InChI is InChI=1S/C14H24N4/c1-2-17-10-16-9-13(17)14-12(15)5-3-4-8-18(14)11-6-7-11/h9-12,14H,2-8,15H2,1H3. The van der Waals surface area contributed by atoms with Crippen LogP contribution in [0, 0.1) is 0 Å². The molecular weight excluding hydrogens is 224 g/mol. The number of aryl methyl sites for hydroxylation is 1. The van der Waals surface area contributed by atoms with Gasteiger partial charge in [0.05, 0.1) is 18.1 Å². The van der Waals surface area contributed by atoms with Crippen LogP contribution in [0.2, 0.25) is 0 Å². The second-order valence-electron chi connectivity index (χ2n) is 5.68. The Hall–Kier alpha value is -0.870. The van der Waals surface area contributed by atoms with E-state index in [1.165, 1.54) is 37.9 Å². The molecule has 2 aliphatic rings. The Balaban J connectivity index is 1.92. The summed E-state index contributed by atoms with van der Waals surface area (Å²) in [6, 6.07) is 1.41. The molecule has 0 bridgehead atoms. The van der Waals surface area contributed by atoms with Gasteiger partial charge in [-0.25, -0.2) is 4.98 Å². The van der Waals surface area contributed by atoms with Crippen molar-refractivity contribution < 1.29 is 0 Å². The molecule has 1 aromatic heterocycles. The first-order chi connectivity index (χ1) is 8.81. The molecule has 1 saturated carbocycles. The highest BCUT2D eigenvalue weighted by molar-refractivity contribution is 5.12. The molecule has 2 unspecified atom stereocenters. The van der Waals surface area contributed by atoms with E-state index in [-0.39, 0.29) is 6.04 Å². The van der Waals surface area contributed by atoms with Crippen LogP contribution in [-0.2, 0) is 6.54 Å². The van der Waals surface area contributed by atoms with Crippen molar-refractivity contribution in [3.8, 4) is 0 Å². The number of nitrogens with zero attached hydrogens (tertiary/aromatic N) is 3. The van der Waals surface area contributed by atoms with Gasteiger partial charge in [-0.15, -0.1) is 0 Å². The summed E-state index contributed by atoms with van der Waals surface area (Å²) in [6.07, 6.45) is 10.4. The summed E-state index contributed by atoms with van der Waals surface area (Å²) in [7, 11) is 0. The summed E-state index contributed by atoms with van der Waals surface area (Å²) < 4.78 is 2.26.